The second kappa shape index (κ2) is 20.2. The molecule has 0 spiro atoms. The minimum Gasteiger partial charge on any atom is -0.479 e. The summed E-state index contributed by atoms with van der Waals surface area (Å²) in [5.41, 5.74) is 0.330. The molecule has 276 valence electrons. The van der Waals surface area contributed by atoms with E-state index in [1.165, 1.54) is 12.1 Å². The highest BCUT2D eigenvalue weighted by Gasteiger charge is 2.37. The number of rotatable bonds is 19. The number of carboxylic acids is 1. The van der Waals surface area contributed by atoms with Crippen LogP contribution in [0.3, 0.4) is 0 Å². The number of carboxylic acid groups (broad SMARTS) is 1. The van der Waals surface area contributed by atoms with Gasteiger partial charge in [0, 0.05) is 0 Å². The molecule has 50 heavy (non-hydrogen) atoms. The van der Waals surface area contributed by atoms with E-state index in [1.54, 1.807) is 25.1 Å². The molecule has 2 saturated carbocycles. The molecule has 0 saturated heterocycles. The van der Waals surface area contributed by atoms with Crippen molar-refractivity contribution in [3.8, 4) is 0 Å². The Bertz CT molecular complexity index is 1330. The van der Waals surface area contributed by atoms with Crippen LogP contribution in [-0.4, -0.2) is 77.9 Å². The SMILES string of the molecule is CCCC(NC(=O)[C@H](CC1CCC1)NC(=O)[C@@H](NC(=O)OCC(C)C)C1CCCCC1)C(=O)C(=O)NCC(=O)N[C@H](C(=O)O)c1ccccc1. The molecule has 1 aromatic carbocycles. The second-order valence-corrected chi connectivity index (χ2v) is 13.8. The zero-order valence-electron chi connectivity index (χ0n) is 29.3. The Balaban J connectivity index is 1.66. The Hall–Kier alpha value is -4.49. The standard InChI is InChI=1S/C36H53N5O9/c1-4-12-26(31(43)34(46)37-20-28(42)40-30(35(47)48)25-17-9-6-10-18-25)38-32(44)27(19-23-13-11-14-23)39-33(45)29(24-15-7-5-8-16-24)41-36(49)50-21-22(2)3/h6,9-10,17-18,22-24,26-27,29-30H,4-5,7-8,11-16,19-21H2,1-3H3,(H,37,46)(H,38,44)(H,39,45)(H,40,42)(H,41,49)(H,47,48)/t26?,27-,29-,30-/m0/s1. The van der Waals surface area contributed by atoms with Crippen molar-refractivity contribution in [3.05, 3.63) is 35.9 Å². The zero-order chi connectivity index (χ0) is 36.6. The first kappa shape index (κ1) is 39.9. The first-order valence-electron chi connectivity index (χ1n) is 17.8. The highest BCUT2D eigenvalue weighted by molar-refractivity contribution is 6.38. The third-order valence-corrected chi connectivity index (χ3v) is 9.18. The summed E-state index contributed by atoms with van der Waals surface area (Å²) in [6, 6.07) is 3.51. The molecule has 14 heteroatoms. The molecular weight excluding hydrogens is 646 g/mol. The summed E-state index contributed by atoms with van der Waals surface area (Å²) in [5, 5.41) is 22.3. The van der Waals surface area contributed by atoms with Crippen LogP contribution in [0.1, 0.15) is 103 Å². The number of hydrogen-bond donors (Lipinski definition) is 6. The Kier molecular flexibility index (Phi) is 16.2. The Morgan fingerprint density at radius 3 is 2.06 bits per heavy atom. The Morgan fingerprint density at radius 1 is 0.820 bits per heavy atom. The van der Waals surface area contributed by atoms with Crippen LogP contribution in [0.5, 0.6) is 0 Å². The highest BCUT2D eigenvalue weighted by Crippen LogP contribution is 2.31. The summed E-state index contributed by atoms with van der Waals surface area (Å²) >= 11 is 0. The van der Waals surface area contributed by atoms with E-state index in [0.717, 1.165) is 51.4 Å². The van der Waals surface area contributed by atoms with E-state index in [2.05, 4.69) is 26.6 Å². The number of amides is 5. The molecule has 3 rings (SSSR count). The lowest BCUT2D eigenvalue weighted by molar-refractivity contribution is -0.142. The first-order chi connectivity index (χ1) is 23.9. The van der Waals surface area contributed by atoms with Crippen LogP contribution in [0.2, 0.25) is 0 Å². The van der Waals surface area contributed by atoms with Gasteiger partial charge in [0.2, 0.25) is 23.5 Å². The smallest absolute Gasteiger partial charge is 0.407 e. The average Bonchev–Trinajstić information content (AvgIpc) is 3.08. The summed E-state index contributed by atoms with van der Waals surface area (Å²) in [4.78, 5) is 90.4. The van der Waals surface area contributed by atoms with E-state index in [4.69, 9.17) is 4.74 Å². The van der Waals surface area contributed by atoms with Gasteiger partial charge in [0.25, 0.3) is 5.91 Å². The van der Waals surface area contributed by atoms with Crippen LogP contribution < -0.4 is 26.6 Å². The van der Waals surface area contributed by atoms with Crippen molar-refractivity contribution in [1.82, 2.24) is 26.6 Å². The third-order valence-electron chi connectivity index (χ3n) is 9.18. The predicted octanol–water partition coefficient (Wildman–Crippen LogP) is 2.90. The number of Topliss-reactive ketones (excluding diaryl/α,β-unsaturated/α-hetero) is 1. The highest BCUT2D eigenvalue weighted by atomic mass is 16.5. The lowest BCUT2D eigenvalue weighted by atomic mass is 9.80. The summed E-state index contributed by atoms with van der Waals surface area (Å²) in [6.45, 7) is 5.12. The van der Waals surface area contributed by atoms with Gasteiger partial charge in [-0.1, -0.05) is 96.0 Å². The molecule has 4 atom stereocenters. The van der Waals surface area contributed by atoms with Gasteiger partial charge in [-0.05, 0) is 49.0 Å². The molecule has 0 aliphatic heterocycles. The quantitative estimate of drug-likeness (QED) is 0.117. The number of nitrogens with one attached hydrogen (secondary N) is 5. The number of carbonyl (C=O) groups is 7. The average molecular weight is 700 g/mol. The Labute approximate surface area is 293 Å². The van der Waals surface area contributed by atoms with E-state index >= 15 is 0 Å². The number of ketones is 1. The van der Waals surface area contributed by atoms with Gasteiger partial charge >= 0.3 is 12.1 Å². The summed E-state index contributed by atoms with van der Waals surface area (Å²) in [6.07, 6.45) is 7.33. The topological polar surface area (TPSA) is 209 Å². The van der Waals surface area contributed by atoms with Gasteiger partial charge < -0.3 is 36.4 Å². The van der Waals surface area contributed by atoms with Crippen molar-refractivity contribution in [2.24, 2.45) is 17.8 Å². The van der Waals surface area contributed by atoms with Gasteiger partial charge in [-0.25, -0.2) is 9.59 Å². The minimum absolute atomic E-state index is 0.111. The molecular formula is C36H53N5O9. The number of alkyl carbamates (subject to hydrolysis) is 1. The number of aliphatic carboxylic acids is 1. The summed E-state index contributed by atoms with van der Waals surface area (Å²) < 4.78 is 5.30. The molecule has 0 heterocycles. The lowest BCUT2D eigenvalue weighted by Gasteiger charge is -2.33. The van der Waals surface area contributed by atoms with E-state index in [0.29, 0.717) is 18.4 Å². The van der Waals surface area contributed by atoms with E-state index in [9.17, 15) is 38.7 Å². The summed E-state index contributed by atoms with van der Waals surface area (Å²) in [5.74, 6) is -5.17. The lowest BCUT2D eigenvalue weighted by Crippen LogP contribution is -2.59. The molecule has 2 fully saturated rings. The van der Waals surface area contributed by atoms with Gasteiger partial charge in [0.1, 0.15) is 12.1 Å². The Morgan fingerprint density at radius 2 is 1.48 bits per heavy atom. The molecule has 1 unspecified atom stereocenters. The van der Waals surface area contributed by atoms with Gasteiger partial charge in [-0.3, -0.25) is 24.0 Å². The van der Waals surface area contributed by atoms with Crippen LogP contribution in [-0.2, 0) is 33.5 Å². The zero-order valence-corrected chi connectivity index (χ0v) is 29.3. The van der Waals surface area contributed by atoms with Crippen LogP contribution in [0, 0.1) is 17.8 Å². The van der Waals surface area contributed by atoms with Crippen LogP contribution in [0.4, 0.5) is 4.79 Å². The molecule has 1 aromatic rings. The minimum atomic E-state index is -1.36. The maximum atomic E-state index is 13.8. The maximum Gasteiger partial charge on any atom is 0.407 e. The van der Waals surface area contributed by atoms with Gasteiger partial charge in [-0.2, -0.15) is 0 Å². The van der Waals surface area contributed by atoms with Crippen molar-refractivity contribution in [1.29, 1.82) is 0 Å². The molecule has 0 aromatic heterocycles. The monoisotopic (exact) mass is 699 g/mol. The van der Waals surface area contributed by atoms with Crippen molar-refractivity contribution in [3.63, 3.8) is 0 Å². The fourth-order valence-corrected chi connectivity index (χ4v) is 6.21. The number of benzene rings is 1. The molecule has 14 nitrogen and oxygen atoms in total. The summed E-state index contributed by atoms with van der Waals surface area (Å²) in [7, 11) is 0. The predicted molar refractivity (Wildman–Crippen MR) is 183 cm³/mol. The normalized spacial score (nSPS) is 17.2. The number of ether oxygens (including phenoxy) is 1. The molecule has 5 amide bonds. The molecule has 2 aliphatic rings. The van der Waals surface area contributed by atoms with Gasteiger partial charge in [0.05, 0.1) is 19.2 Å². The first-order valence-corrected chi connectivity index (χ1v) is 17.8. The van der Waals surface area contributed by atoms with E-state index in [-0.39, 0.29) is 30.8 Å². The number of carbonyl (C=O) groups excluding carboxylic acids is 6. The van der Waals surface area contributed by atoms with Crippen molar-refractivity contribution >= 4 is 41.5 Å². The van der Waals surface area contributed by atoms with E-state index in [1.807, 2.05) is 13.8 Å². The van der Waals surface area contributed by atoms with Crippen molar-refractivity contribution < 1.29 is 43.4 Å². The van der Waals surface area contributed by atoms with Crippen LogP contribution in [0.25, 0.3) is 0 Å². The fourth-order valence-electron chi connectivity index (χ4n) is 6.21. The van der Waals surface area contributed by atoms with Gasteiger partial charge in [0.15, 0.2) is 6.04 Å². The largest absolute Gasteiger partial charge is 0.479 e. The third kappa shape index (κ3) is 12.8. The fraction of sp³-hybridized carbons (Fsp3) is 0.639. The van der Waals surface area contributed by atoms with Gasteiger partial charge in [-0.15, -0.1) is 0 Å². The van der Waals surface area contributed by atoms with Crippen molar-refractivity contribution in [2.75, 3.05) is 13.2 Å². The van der Waals surface area contributed by atoms with Crippen molar-refractivity contribution in [2.45, 2.75) is 116 Å². The van der Waals surface area contributed by atoms with E-state index < -0.39 is 72.2 Å². The maximum absolute atomic E-state index is 13.8. The second-order valence-electron chi connectivity index (χ2n) is 13.8. The van der Waals surface area contributed by atoms with Crippen LogP contribution >= 0.6 is 0 Å². The molecule has 0 bridgehead atoms. The molecule has 2 aliphatic carbocycles. The number of hydrogen-bond acceptors (Lipinski definition) is 8. The molecule has 0 radical (unpaired) electrons. The molecule has 6 N–H and O–H groups in total. The van der Waals surface area contributed by atoms with Crippen LogP contribution in [0.15, 0.2) is 30.3 Å².